The molecule has 27 heavy (non-hydrogen) atoms. The lowest BCUT2D eigenvalue weighted by molar-refractivity contribution is -0.131. The number of aliphatic hydroxyl groups excluding tert-OH is 1. The highest BCUT2D eigenvalue weighted by molar-refractivity contribution is 6.06. The van der Waals surface area contributed by atoms with Crippen LogP contribution in [0.15, 0.2) is 24.4 Å². The first kappa shape index (κ1) is 19.7. The molecule has 0 spiro atoms. The topological polar surface area (TPSA) is 89.0 Å². The molecule has 0 aliphatic carbocycles. The van der Waals surface area contributed by atoms with Gasteiger partial charge in [0.1, 0.15) is 5.54 Å². The van der Waals surface area contributed by atoms with Crippen molar-refractivity contribution < 1.29 is 14.7 Å². The fourth-order valence-electron chi connectivity index (χ4n) is 3.56. The van der Waals surface area contributed by atoms with Crippen molar-refractivity contribution in [3.8, 4) is 0 Å². The van der Waals surface area contributed by atoms with E-state index in [0.717, 1.165) is 49.7 Å². The van der Waals surface area contributed by atoms with E-state index in [1.54, 1.807) is 13.8 Å². The molecular weight excluding hydrogens is 346 g/mol. The van der Waals surface area contributed by atoms with Crippen LogP contribution in [0.5, 0.6) is 0 Å². The molecule has 2 fully saturated rings. The van der Waals surface area contributed by atoms with Crippen molar-refractivity contribution in [3.63, 3.8) is 0 Å². The number of nitrogens with zero attached hydrogens (tertiary/aromatic N) is 4. The van der Waals surface area contributed by atoms with Crippen molar-refractivity contribution >= 4 is 11.9 Å². The van der Waals surface area contributed by atoms with Crippen molar-refractivity contribution in [1.29, 1.82) is 0 Å². The summed E-state index contributed by atoms with van der Waals surface area (Å²) in [5.74, 6) is -0.286. The molecule has 3 heterocycles. The van der Waals surface area contributed by atoms with Crippen LogP contribution < -0.4 is 5.32 Å². The summed E-state index contributed by atoms with van der Waals surface area (Å²) < 4.78 is 0. The number of imide groups is 1. The lowest BCUT2D eigenvalue weighted by Gasteiger charge is -2.35. The Morgan fingerprint density at radius 2 is 1.85 bits per heavy atom. The molecule has 1 aromatic rings. The number of aliphatic hydroxyl groups is 1. The van der Waals surface area contributed by atoms with Gasteiger partial charge in [-0.1, -0.05) is 6.07 Å². The van der Waals surface area contributed by atoms with Crippen LogP contribution in [0.2, 0.25) is 0 Å². The maximum atomic E-state index is 12.2. The monoisotopic (exact) mass is 375 g/mol. The molecule has 3 amide bonds. The Morgan fingerprint density at radius 3 is 2.44 bits per heavy atom. The molecule has 8 heteroatoms. The second-order valence-electron chi connectivity index (χ2n) is 7.84. The summed E-state index contributed by atoms with van der Waals surface area (Å²) >= 11 is 0. The molecule has 0 radical (unpaired) electrons. The van der Waals surface area contributed by atoms with Crippen molar-refractivity contribution in [2.45, 2.75) is 31.9 Å². The van der Waals surface area contributed by atoms with Crippen LogP contribution in [0.4, 0.5) is 4.79 Å². The number of carbonyl (C=O) groups excluding carboxylic acids is 2. The van der Waals surface area contributed by atoms with Gasteiger partial charge in [-0.05, 0) is 26.0 Å². The number of urea groups is 1. The van der Waals surface area contributed by atoms with Gasteiger partial charge in [-0.15, -0.1) is 0 Å². The van der Waals surface area contributed by atoms with E-state index in [1.165, 1.54) is 0 Å². The van der Waals surface area contributed by atoms with Crippen LogP contribution in [0, 0.1) is 0 Å². The van der Waals surface area contributed by atoms with E-state index < -0.39 is 17.7 Å². The third-order valence-corrected chi connectivity index (χ3v) is 5.18. The smallest absolute Gasteiger partial charge is 0.325 e. The van der Waals surface area contributed by atoms with Gasteiger partial charge >= 0.3 is 6.03 Å². The van der Waals surface area contributed by atoms with Gasteiger partial charge in [-0.2, -0.15) is 0 Å². The molecule has 0 bridgehead atoms. The Morgan fingerprint density at radius 1 is 1.15 bits per heavy atom. The molecule has 3 rings (SSSR count). The summed E-state index contributed by atoms with van der Waals surface area (Å²) in [6, 6.07) is 5.55. The summed E-state index contributed by atoms with van der Waals surface area (Å²) in [4.78, 5) is 34.2. The number of rotatable bonds is 7. The van der Waals surface area contributed by atoms with Gasteiger partial charge in [0.05, 0.1) is 12.6 Å². The van der Waals surface area contributed by atoms with Crippen LogP contribution in [0.3, 0.4) is 0 Å². The van der Waals surface area contributed by atoms with Gasteiger partial charge in [0, 0.05) is 57.6 Å². The normalized spacial score (nSPS) is 22.1. The molecule has 148 valence electrons. The van der Waals surface area contributed by atoms with Crippen molar-refractivity contribution in [2.75, 3.05) is 45.8 Å². The molecule has 2 N–H and O–H groups in total. The Bertz CT molecular complexity index is 659. The number of hydrogen-bond acceptors (Lipinski definition) is 6. The molecule has 1 aromatic heterocycles. The second kappa shape index (κ2) is 8.33. The van der Waals surface area contributed by atoms with Gasteiger partial charge in [-0.3, -0.25) is 19.6 Å². The van der Waals surface area contributed by atoms with Crippen molar-refractivity contribution in [3.05, 3.63) is 30.1 Å². The van der Waals surface area contributed by atoms with Gasteiger partial charge in [0.15, 0.2) is 0 Å². The van der Waals surface area contributed by atoms with Crippen molar-refractivity contribution in [2.24, 2.45) is 0 Å². The van der Waals surface area contributed by atoms with E-state index in [4.69, 9.17) is 0 Å². The first-order valence-electron chi connectivity index (χ1n) is 9.52. The van der Waals surface area contributed by atoms with Crippen molar-refractivity contribution in [1.82, 2.24) is 25.0 Å². The maximum absolute atomic E-state index is 12.2. The van der Waals surface area contributed by atoms with Crippen LogP contribution in [-0.4, -0.2) is 94.2 Å². The zero-order chi connectivity index (χ0) is 19.4. The minimum Gasteiger partial charge on any atom is -0.390 e. The molecular formula is C19H29N5O3. The fraction of sp³-hybridized carbons (Fsp3) is 0.632. The van der Waals surface area contributed by atoms with Crippen LogP contribution in [0.1, 0.15) is 19.5 Å². The predicted octanol–water partition coefficient (Wildman–Crippen LogP) is -0.0670. The summed E-state index contributed by atoms with van der Waals surface area (Å²) in [5.41, 5.74) is 0.211. The number of carbonyl (C=O) groups is 2. The van der Waals surface area contributed by atoms with Crippen LogP contribution >= 0.6 is 0 Å². The molecule has 0 saturated carbocycles. The maximum Gasteiger partial charge on any atom is 0.325 e. The average molecular weight is 375 g/mol. The van der Waals surface area contributed by atoms with E-state index >= 15 is 0 Å². The Kier molecular flexibility index (Phi) is 6.08. The van der Waals surface area contributed by atoms with Gasteiger partial charge in [0.2, 0.25) is 0 Å². The quantitative estimate of drug-likeness (QED) is 0.649. The molecule has 2 saturated heterocycles. The van der Waals surface area contributed by atoms with E-state index in [0.29, 0.717) is 6.54 Å². The molecule has 1 unspecified atom stereocenters. The predicted molar refractivity (Wildman–Crippen MR) is 101 cm³/mol. The van der Waals surface area contributed by atoms with Gasteiger partial charge < -0.3 is 15.3 Å². The summed E-state index contributed by atoms with van der Waals surface area (Å²) in [6.07, 6.45) is 2.01. The standard InChI is InChI=1S/C19H29N5O3/c1-19(2)17(26)24(18(27)21-19)14-16(25)13-23-11-9-22(10-12-23)8-6-15-5-3-4-7-20-15/h3-5,7,16,25H,6,8-14H2,1-2H3,(H,21,27). The largest absolute Gasteiger partial charge is 0.390 e. The zero-order valence-electron chi connectivity index (χ0n) is 16.1. The molecule has 2 aliphatic rings. The number of piperazine rings is 1. The number of pyridine rings is 1. The number of hydrogen-bond donors (Lipinski definition) is 2. The lowest BCUT2D eigenvalue weighted by Crippen LogP contribution is -2.51. The zero-order valence-corrected chi connectivity index (χ0v) is 16.1. The third-order valence-electron chi connectivity index (χ3n) is 5.18. The summed E-state index contributed by atoms with van der Waals surface area (Å²) in [7, 11) is 0. The highest BCUT2D eigenvalue weighted by atomic mass is 16.3. The molecule has 1 atom stereocenters. The van der Waals surface area contributed by atoms with E-state index in [1.807, 2.05) is 24.4 Å². The Hall–Kier alpha value is -2.03. The minimum absolute atomic E-state index is 0.0357. The van der Waals surface area contributed by atoms with E-state index in [9.17, 15) is 14.7 Å². The SMILES string of the molecule is CC1(C)NC(=O)N(CC(O)CN2CCN(CCc3ccccn3)CC2)C1=O. The number of amides is 3. The number of β-amino-alcohol motifs (C(OH)–C–C–N with tert-alkyl or cyclic N) is 1. The minimum atomic E-state index is -0.893. The van der Waals surface area contributed by atoms with Crippen LogP contribution in [-0.2, 0) is 11.2 Å². The van der Waals surface area contributed by atoms with Gasteiger partial charge in [0.25, 0.3) is 5.91 Å². The van der Waals surface area contributed by atoms with Crippen LogP contribution in [0.25, 0.3) is 0 Å². The Labute approximate surface area is 160 Å². The number of nitrogens with one attached hydrogen (secondary N) is 1. The lowest BCUT2D eigenvalue weighted by atomic mass is 10.1. The molecule has 2 aliphatic heterocycles. The Balaban J connectivity index is 1.39. The van der Waals surface area contributed by atoms with E-state index in [-0.39, 0.29) is 12.5 Å². The fourth-order valence-corrected chi connectivity index (χ4v) is 3.56. The second-order valence-corrected chi connectivity index (χ2v) is 7.84. The highest BCUT2D eigenvalue weighted by Crippen LogP contribution is 2.17. The summed E-state index contributed by atoms with van der Waals surface area (Å²) in [5, 5.41) is 13.0. The number of aromatic nitrogens is 1. The first-order chi connectivity index (χ1) is 12.8. The first-order valence-corrected chi connectivity index (χ1v) is 9.52. The summed E-state index contributed by atoms with van der Waals surface area (Å²) in [6.45, 7) is 8.43. The highest BCUT2D eigenvalue weighted by Gasteiger charge is 2.44. The average Bonchev–Trinajstić information content (AvgIpc) is 2.83. The van der Waals surface area contributed by atoms with E-state index in [2.05, 4.69) is 20.1 Å². The molecule has 0 aromatic carbocycles. The molecule has 8 nitrogen and oxygen atoms in total. The third kappa shape index (κ3) is 5.03. The van der Waals surface area contributed by atoms with Gasteiger partial charge in [-0.25, -0.2) is 4.79 Å².